The lowest BCUT2D eigenvalue weighted by Gasteiger charge is -2.08. The first kappa shape index (κ1) is 13.6. The van der Waals surface area contributed by atoms with Crippen LogP contribution in [0.3, 0.4) is 0 Å². The van der Waals surface area contributed by atoms with Gasteiger partial charge in [-0.15, -0.1) is 0 Å². The first-order valence-electron chi connectivity index (χ1n) is 4.88. The number of aliphatic carboxylic acids is 1. The van der Waals surface area contributed by atoms with Crippen molar-refractivity contribution in [3.8, 4) is 0 Å². The summed E-state index contributed by atoms with van der Waals surface area (Å²) in [5, 5.41) is 11.1. The van der Waals surface area contributed by atoms with Crippen molar-refractivity contribution in [2.45, 2.75) is 6.92 Å². The smallest absolute Gasteiger partial charge is 0.308 e. The zero-order chi connectivity index (χ0) is 13.0. The Hall–Kier alpha value is -1.43. The summed E-state index contributed by atoms with van der Waals surface area (Å²) in [5.74, 6) is -2.71. The highest BCUT2D eigenvalue weighted by molar-refractivity contribution is 9.10. The SMILES string of the molecule is CC(CNC(=O)c1ccc(Br)c(F)c1)C(=O)O. The van der Waals surface area contributed by atoms with E-state index in [9.17, 15) is 14.0 Å². The van der Waals surface area contributed by atoms with Crippen molar-refractivity contribution in [2.24, 2.45) is 5.92 Å². The van der Waals surface area contributed by atoms with Gasteiger partial charge in [0.1, 0.15) is 5.82 Å². The molecular formula is C11H11BrFNO3. The van der Waals surface area contributed by atoms with Crippen LogP contribution in [0.15, 0.2) is 22.7 Å². The minimum absolute atomic E-state index is 0.00580. The largest absolute Gasteiger partial charge is 0.481 e. The molecule has 0 spiro atoms. The molecular weight excluding hydrogens is 293 g/mol. The molecule has 0 heterocycles. The summed E-state index contributed by atoms with van der Waals surface area (Å²) in [5.41, 5.74) is 0.156. The lowest BCUT2D eigenvalue weighted by Crippen LogP contribution is -2.31. The molecule has 6 heteroatoms. The normalized spacial score (nSPS) is 11.9. The third-order valence-corrected chi connectivity index (χ3v) is 2.82. The molecule has 1 atom stereocenters. The lowest BCUT2D eigenvalue weighted by molar-refractivity contribution is -0.140. The lowest BCUT2D eigenvalue weighted by atomic mass is 10.1. The van der Waals surface area contributed by atoms with Gasteiger partial charge in [0.15, 0.2) is 0 Å². The van der Waals surface area contributed by atoms with Crippen molar-refractivity contribution in [1.29, 1.82) is 0 Å². The Morgan fingerprint density at radius 1 is 1.53 bits per heavy atom. The fraction of sp³-hybridized carbons (Fsp3) is 0.273. The number of carboxylic acids is 1. The maximum Gasteiger partial charge on any atom is 0.308 e. The highest BCUT2D eigenvalue weighted by Gasteiger charge is 2.13. The van der Waals surface area contributed by atoms with E-state index in [4.69, 9.17) is 5.11 Å². The van der Waals surface area contributed by atoms with Crippen LogP contribution in [0.5, 0.6) is 0 Å². The Bertz CT molecular complexity index is 450. The minimum Gasteiger partial charge on any atom is -0.481 e. The predicted octanol–water partition coefficient (Wildman–Crippen LogP) is 2.04. The van der Waals surface area contributed by atoms with Crippen molar-refractivity contribution in [3.05, 3.63) is 34.1 Å². The number of carboxylic acid groups (broad SMARTS) is 1. The Kier molecular flexibility index (Phi) is 4.62. The van der Waals surface area contributed by atoms with Crippen molar-refractivity contribution in [2.75, 3.05) is 6.54 Å². The minimum atomic E-state index is -0.993. The zero-order valence-electron chi connectivity index (χ0n) is 9.04. The Morgan fingerprint density at radius 3 is 2.71 bits per heavy atom. The van der Waals surface area contributed by atoms with Crippen LogP contribution in [0, 0.1) is 11.7 Å². The quantitative estimate of drug-likeness (QED) is 0.894. The zero-order valence-corrected chi connectivity index (χ0v) is 10.6. The van der Waals surface area contributed by atoms with Crippen LogP contribution < -0.4 is 5.32 Å². The number of nitrogens with one attached hydrogen (secondary N) is 1. The molecule has 1 unspecified atom stereocenters. The Labute approximate surface area is 106 Å². The summed E-state index contributed by atoms with van der Waals surface area (Å²) in [6, 6.07) is 3.96. The van der Waals surface area contributed by atoms with Gasteiger partial charge in [0.05, 0.1) is 10.4 Å². The summed E-state index contributed by atoms with van der Waals surface area (Å²) in [4.78, 5) is 22.1. The molecule has 92 valence electrons. The molecule has 1 rings (SSSR count). The highest BCUT2D eigenvalue weighted by Crippen LogP contribution is 2.16. The van der Waals surface area contributed by atoms with E-state index in [0.29, 0.717) is 0 Å². The molecule has 0 aliphatic carbocycles. The van der Waals surface area contributed by atoms with E-state index in [1.54, 1.807) is 0 Å². The molecule has 1 aromatic rings. The molecule has 4 nitrogen and oxygen atoms in total. The number of halogens is 2. The van der Waals surface area contributed by atoms with Gasteiger partial charge in [-0.2, -0.15) is 0 Å². The fourth-order valence-electron chi connectivity index (χ4n) is 1.07. The molecule has 0 radical (unpaired) electrons. The topological polar surface area (TPSA) is 66.4 Å². The maximum atomic E-state index is 13.1. The first-order valence-corrected chi connectivity index (χ1v) is 5.67. The average Bonchev–Trinajstić information content (AvgIpc) is 2.28. The predicted molar refractivity (Wildman–Crippen MR) is 63.2 cm³/mol. The molecule has 0 fully saturated rings. The molecule has 1 aromatic carbocycles. The van der Waals surface area contributed by atoms with E-state index in [1.165, 1.54) is 19.1 Å². The number of carbonyl (C=O) groups is 2. The van der Waals surface area contributed by atoms with Crippen LogP contribution in [0.2, 0.25) is 0 Å². The number of carbonyl (C=O) groups excluding carboxylic acids is 1. The van der Waals surface area contributed by atoms with Gasteiger partial charge >= 0.3 is 5.97 Å². The number of hydrogen-bond donors (Lipinski definition) is 2. The maximum absolute atomic E-state index is 13.1. The van der Waals surface area contributed by atoms with Crippen molar-refractivity contribution < 1.29 is 19.1 Å². The standard InChI is InChI=1S/C11H11BrFNO3/c1-6(11(16)17)5-14-10(15)7-2-3-8(12)9(13)4-7/h2-4,6H,5H2,1H3,(H,14,15)(H,16,17). The van der Waals surface area contributed by atoms with Crippen LogP contribution in [-0.2, 0) is 4.79 Å². The average molecular weight is 304 g/mol. The molecule has 0 aliphatic heterocycles. The molecule has 2 N–H and O–H groups in total. The van der Waals surface area contributed by atoms with E-state index in [-0.39, 0.29) is 16.6 Å². The molecule has 0 bridgehead atoms. The van der Waals surface area contributed by atoms with Gasteiger partial charge in [-0.1, -0.05) is 6.92 Å². The second-order valence-corrected chi connectivity index (χ2v) is 4.43. The van der Waals surface area contributed by atoms with Gasteiger partial charge in [0, 0.05) is 12.1 Å². The summed E-state index contributed by atoms with van der Waals surface area (Å²) < 4.78 is 13.4. The van der Waals surface area contributed by atoms with Gasteiger partial charge in [-0.3, -0.25) is 9.59 Å². The third-order valence-electron chi connectivity index (χ3n) is 2.17. The van der Waals surface area contributed by atoms with E-state index in [0.717, 1.165) is 6.07 Å². The van der Waals surface area contributed by atoms with Gasteiger partial charge in [0.2, 0.25) is 0 Å². The van der Waals surface area contributed by atoms with Gasteiger partial charge < -0.3 is 10.4 Å². The summed E-state index contributed by atoms with van der Waals surface area (Å²) in [6.07, 6.45) is 0. The van der Waals surface area contributed by atoms with Gasteiger partial charge in [0.25, 0.3) is 5.91 Å². The summed E-state index contributed by atoms with van der Waals surface area (Å²) in [7, 11) is 0. The van der Waals surface area contributed by atoms with Crippen molar-refractivity contribution in [3.63, 3.8) is 0 Å². The number of rotatable bonds is 4. The van der Waals surface area contributed by atoms with E-state index < -0.39 is 23.6 Å². The molecule has 0 saturated heterocycles. The Morgan fingerprint density at radius 2 is 2.18 bits per heavy atom. The van der Waals surface area contributed by atoms with Crippen molar-refractivity contribution in [1.82, 2.24) is 5.32 Å². The molecule has 0 saturated carbocycles. The van der Waals surface area contributed by atoms with Crippen LogP contribution in [-0.4, -0.2) is 23.5 Å². The number of benzene rings is 1. The molecule has 0 aromatic heterocycles. The molecule has 17 heavy (non-hydrogen) atoms. The summed E-state index contributed by atoms with van der Waals surface area (Å²) >= 11 is 2.98. The second kappa shape index (κ2) is 5.77. The fourth-order valence-corrected chi connectivity index (χ4v) is 1.32. The third kappa shape index (κ3) is 3.81. The van der Waals surface area contributed by atoms with E-state index in [1.807, 2.05) is 0 Å². The van der Waals surface area contributed by atoms with Crippen LogP contribution in [0.4, 0.5) is 4.39 Å². The van der Waals surface area contributed by atoms with Gasteiger partial charge in [-0.05, 0) is 34.1 Å². The second-order valence-electron chi connectivity index (χ2n) is 3.58. The highest BCUT2D eigenvalue weighted by atomic mass is 79.9. The summed E-state index contributed by atoms with van der Waals surface area (Å²) in [6.45, 7) is 1.48. The van der Waals surface area contributed by atoms with Crippen LogP contribution >= 0.6 is 15.9 Å². The van der Waals surface area contributed by atoms with Crippen LogP contribution in [0.1, 0.15) is 17.3 Å². The first-order chi connectivity index (χ1) is 7.91. The molecule has 0 aliphatic rings. The monoisotopic (exact) mass is 303 g/mol. The van der Waals surface area contributed by atoms with Crippen molar-refractivity contribution >= 4 is 27.8 Å². The van der Waals surface area contributed by atoms with Crippen LogP contribution in [0.25, 0.3) is 0 Å². The van der Waals surface area contributed by atoms with E-state index in [2.05, 4.69) is 21.2 Å². The van der Waals surface area contributed by atoms with Gasteiger partial charge in [-0.25, -0.2) is 4.39 Å². The number of hydrogen-bond acceptors (Lipinski definition) is 2. The Balaban J connectivity index is 2.64. The number of amides is 1. The molecule has 1 amide bonds. The van der Waals surface area contributed by atoms with E-state index >= 15 is 0 Å².